The summed E-state index contributed by atoms with van der Waals surface area (Å²) < 4.78 is 228. The summed E-state index contributed by atoms with van der Waals surface area (Å²) in [4.78, 5) is 0. The minimum absolute atomic E-state index is 0.187. The minimum atomic E-state index is -8.65. The number of imidazole rings is 1. The van der Waals surface area contributed by atoms with Gasteiger partial charge in [-0.05, 0) is 26.1 Å². The third-order valence-corrected chi connectivity index (χ3v) is 6.55. The third kappa shape index (κ3) is 4.76. The molecule has 38 heavy (non-hydrogen) atoms. The van der Waals surface area contributed by atoms with Crippen LogP contribution in [0.5, 0.6) is 0 Å². The SMILES string of the molecule is CC(C)n1c(S)c(S)n(CCC(F)(F)C(F)(F)C(F)(F)C(F)(F)C(F)(F)C(F)(F)C(F)(F)C(F)(F)F)c1=S. The normalized spacial score (nSPS) is 15.5. The lowest BCUT2D eigenvalue weighted by atomic mass is 9.88. The van der Waals surface area contributed by atoms with E-state index in [0.717, 1.165) is 4.57 Å². The first kappa shape index (κ1) is 35.0. The van der Waals surface area contributed by atoms with Gasteiger partial charge in [-0.3, -0.25) is 0 Å². The molecule has 0 aliphatic heterocycles. The van der Waals surface area contributed by atoms with Crippen LogP contribution in [0, 0.1) is 4.77 Å². The third-order valence-electron chi connectivity index (χ3n) is 5.07. The lowest BCUT2D eigenvalue weighted by Crippen LogP contribution is -2.74. The van der Waals surface area contributed by atoms with Crippen molar-refractivity contribution >= 4 is 37.5 Å². The van der Waals surface area contributed by atoms with E-state index in [-0.39, 0.29) is 5.03 Å². The Bertz CT molecular complexity index is 1080. The molecular weight excluding hydrogens is 639 g/mol. The second kappa shape index (κ2) is 9.79. The molecule has 0 bridgehead atoms. The van der Waals surface area contributed by atoms with Crippen LogP contribution in [0.4, 0.5) is 74.6 Å². The summed E-state index contributed by atoms with van der Waals surface area (Å²) in [5.74, 6) is -56.6. The highest BCUT2D eigenvalue weighted by Gasteiger charge is 2.95. The highest BCUT2D eigenvalue weighted by atomic mass is 32.1. The lowest BCUT2D eigenvalue weighted by Gasteiger charge is -2.42. The highest BCUT2D eigenvalue weighted by molar-refractivity contribution is 7.83. The van der Waals surface area contributed by atoms with Gasteiger partial charge >= 0.3 is 47.6 Å². The van der Waals surface area contributed by atoms with E-state index in [9.17, 15) is 74.6 Å². The van der Waals surface area contributed by atoms with Crippen LogP contribution in [0.15, 0.2) is 10.1 Å². The Labute approximate surface area is 217 Å². The predicted octanol–water partition coefficient (Wildman–Crippen LogP) is 8.58. The number of hydrogen-bond acceptors (Lipinski definition) is 3. The molecule has 1 aromatic rings. The summed E-state index contributed by atoms with van der Waals surface area (Å²) >= 11 is 12.5. The standard InChI is InChI=1S/C16H13F17N2S3/c1-5(2)35-7(37)6(36)34(8(35)38)4-3-9(17,18)10(19,20)11(21,22)12(23,24)13(25,26)14(27,28)15(29,30)16(31,32)33/h5,36-37H,3-4H2,1-2H3. The number of nitrogens with zero attached hydrogens (tertiary/aromatic N) is 2. The highest BCUT2D eigenvalue weighted by Crippen LogP contribution is 2.64. The van der Waals surface area contributed by atoms with E-state index >= 15 is 0 Å². The number of hydrogen-bond donors (Lipinski definition) is 2. The first-order valence-electron chi connectivity index (χ1n) is 9.34. The summed E-state index contributed by atoms with van der Waals surface area (Å²) in [7, 11) is 0. The van der Waals surface area contributed by atoms with Crippen molar-refractivity contribution in [2.24, 2.45) is 0 Å². The molecule has 1 aromatic heterocycles. The summed E-state index contributed by atoms with van der Waals surface area (Å²) in [6, 6.07) is -0.592. The minimum Gasteiger partial charge on any atom is -0.311 e. The van der Waals surface area contributed by atoms with Crippen molar-refractivity contribution in [1.29, 1.82) is 0 Å². The summed E-state index contributed by atoms with van der Waals surface area (Å²) in [6.07, 6.45) is -10.4. The van der Waals surface area contributed by atoms with Crippen LogP contribution in [0.2, 0.25) is 0 Å². The quantitative estimate of drug-likeness (QED) is 0.146. The maximum Gasteiger partial charge on any atom is 0.460 e. The fourth-order valence-corrected chi connectivity index (χ4v) is 4.18. The van der Waals surface area contributed by atoms with Gasteiger partial charge in [-0.15, -0.1) is 25.3 Å². The monoisotopic (exact) mass is 652 g/mol. The molecule has 2 nitrogen and oxygen atoms in total. The van der Waals surface area contributed by atoms with Gasteiger partial charge < -0.3 is 9.13 Å². The molecule has 0 radical (unpaired) electrons. The Balaban J connectivity index is 3.56. The van der Waals surface area contributed by atoms with Gasteiger partial charge in [0.05, 0.1) is 0 Å². The topological polar surface area (TPSA) is 9.86 Å². The Hall–Kier alpha value is -1.06. The number of rotatable bonds is 10. The molecule has 0 atom stereocenters. The van der Waals surface area contributed by atoms with Gasteiger partial charge in [0.2, 0.25) is 0 Å². The summed E-state index contributed by atoms with van der Waals surface area (Å²) in [6.45, 7) is 1.31. The second-order valence-electron chi connectivity index (χ2n) is 7.94. The summed E-state index contributed by atoms with van der Waals surface area (Å²) in [5, 5.41) is -0.642. The van der Waals surface area contributed by atoms with Gasteiger partial charge in [-0.2, -0.15) is 74.6 Å². The largest absolute Gasteiger partial charge is 0.460 e. The van der Waals surface area contributed by atoms with Crippen LogP contribution < -0.4 is 0 Å². The van der Waals surface area contributed by atoms with Crippen molar-refractivity contribution in [1.82, 2.24) is 9.13 Å². The number of alkyl halides is 17. The lowest BCUT2D eigenvalue weighted by molar-refractivity contribution is -0.461. The molecule has 0 unspecified atom stereocenters. The van der Waals surface area contributed by atoms with Crippen molar-refractivity contribution in [3.05, 3.63) is 4.77 Å². The van der Waals surface area contributed by atoms with Gasteiger partial charge in [0.15, 0.2) is 4.77 Å². The maximum atomic E-state index is 14.1. The molecule has 0 amide bonds. The molecule has 224 valence electrons. The molecule has 0 aliphatic rings. The molecule has 0 aromatic carbocycles. The van der Waals surface area contributed by atoms with Crippen LogP contribution in [0.1, 0.15) is 26.3 Å². The van der Waals surface area contributed by atoms with E-state index in [4.69, 9.17) is 12.2 Å². The molecule has 1 rings (SSSR count). The molecule has 0 saturated heterocycles. The van der Waals surface area contributed by atoms with Crippen LogP contribution in [-0.4, -0.2) is 56.8 Å². The van der Waals surface area contributed by atoms with Crippen molar-refractivity contribution in [3.63, 3.8) is 0 Å². The van der Waals surface area contributed by atoms with Crippen molar-refractivity contribution < 1.29 is 74.6 Å². The first-order valence-corrected chi connectivity index (χ1v) is 10.6. The number of halogens is 17. The molecule has 1 heterocycles. The second-order valence-corrected chi connectivity index (χ2v) is 9.16. The van der Waals surface area contributed by atoms with E-state index in [1.165, 1.54) is 13.8 Å². The first-order chi connectivity index (χ1) is 16.4. The van der Waals surface area contributed by atoms with Gasteiger partial charge in [-0.25, -0.2) is 0 Å². The van der Waals surface area contributed by atoms with Gasteiger partial charge in [0, 0.05) is 19.0 Å². The van der Waals surface area contributed by atoms with Gasteiger partial charge in [0.1, 0.15) is 10.1 Å². The zero-order chi connectivity index (χ0) is 30.9. The average Bonchev–Trinajstić information content (AvgIpc) is 2.92. The molecule has 0 aliphatic carbocycles. The molecule has 22 heteroatoms. The molecule has 0 fully saturated rings. The summed E-state index contributed by atoms with van der Waals surface area (Å²) in [5.41, 5.74) is 0. The van der Waals surface area contributed by atoms with E-state index in [1.54, 1.807) is 0 Å². The van der Waals surface area contributed by atoms with Crippen LogP contribution in [-0.2, 0) is 6.54 Å². The van der Waals surface area contributed by atoms with Crippen molar-refractivity contribution in [3.8, 4) is 0 Å². The van der Waals surface area contributed by atoms with E-state index in [1.807, 2.05) is 0 Å². The molecular formula is C16H13F17N2S3. The Morgan fingerprint density at radius 3 is 1.26 bits per heavy atom. The van der Waals surface area contributed by atoms with Crippen molar-refractivity contribution in [2.75, 3.05) is 0 Å². The number of aromatic nitrogens is 2. The van der Waals surface area contributed by atoms with E-state index < -0.39 is 76.4 Å². The fourth-order valence-electron chi connectivity index (χ4n) is 2.81. The smallest absolute Gasteiger partial charge is 0.311 e. The predicted molar refractivity (Wildman–Crippen MR) is 103 cm³/mol. The fraction of sp³-hybridized carbons (Fsp3) is 0.812. The zero-order valence-electron chi connectivity index (χ0n) is 18.1. The average molecular weight is 652 g/mol. The molecule has 0 N–H and O–H groups in total. The van der Waals surface area contributed by atoms with Gasteiger partial charge in [0.25, 0.3) is 0 Å². The zero-order valence-corrected chi connectivity index (χ0v) is 20.7. The van der Waals surface area contributed by atoms with Gasteiger partial charge in [-0.1, -0.05) is 0 Å². The van der Waals surface area contributed by atoms with E-state index in [0.29, 0.717) is 4.57 Å². The van der Waals surface area contributed by atoms with E-state index in [2.05, 4.69) is 25.3 Å². The molecule has 0 saturated carbocycles. The van der Waals surface area contributed by atoms with Crippen LogP contribution in [0.25, 0.3) is 0 Å². The van der Waals surface area contributed by atoms with Crippen LogP contribution >= 0.6 is 37.5 Å². The van der Waals surface area contributed by atoms with Crippen LogP contribution in [0.3, 0.4) is 0 Å². The maximum absolute atomic E-state index is 14.1. The molecule has 0 spiro atoms. The Morgan fingerprint density at radius 2 is 0.947 bits per heavy atom. The Kier molecular flexibility index (Phi) is 9.01. The van der Waals surface area contributed by atoms with Crippen molar-refractivity contribution in [2.45, 2.75) is 90.5 Å². The number of thiol groups is 2. The Morgan fingerprint density at radius 1 is 0.605 bits per heavy atom.